The Kier molecular flexibility index (Phi) is 6.71. The van der Waals surface area contributed by atoms with E-state index in [1.54, 1.807) is 14.2 Å². The Morgan fingerprint density at radius 1 is 1.04 bits per heavy atom. The molecule has 3 rings (SSSR count). The third-order valence-corrected chi connectivity index (χ3v) is 5.09. The molecule has 1 atom stereocenters. The van der Waals surface area contributed by atoms with Gasteiger partial charge in [-0.05, 0) is 49.2 Å². The summed E-state index contributed by atoms with van der Waals surface area (Å²) in [5, 5.41) is 2.99. The van der Waals surface area contributed by atoms with E-state index in [2.05, 4.69) is 22.3 Å². The van der Waals surface area contributed by atoms with Crippen LogP contribution in [0, 0.1) is 0 Å². The van der Waals surface area contributed by atoms with E-state index in [1.165, 1.54) is 18.4 Å². The lowest BCUT2D eigenvalue weighted by molar-refractivity contribution is -0.117. The number of methoxy groups -OCH3 is 2. The molecule has 1 heterocycles. The van der Waals surface area contributed by atoms with E-state index < -0.39 is 0 Å². The Morgan fingerprint density at radius 2 is 1.81 bits per heavy atom. The highest BCUT2D eigenvalue weighted by atomic mass is 16.5. The predicted molar refractivity (Wildman–Crippen MR) is 107 cm³/mol. The predicted octanol–water partition coefficient (Wildman–Crippen LogP) is 4.26. The lowest BCUT2D eigenvalue weighted by atomic mass is 10.0. The van der Waals surface area contributed by atoms with Crippen molar-refractivity contribution in [2.24, 2.45) is 0 Å². The number of amides is 1. The Bertz CT molecular complexity index is 745. The molecule has 1 saturated heterocycles. The number of ether oxygens (including phenoxy) is 2. The maximum atomic E-state index is 12.7. The standard InChI is InChI=1S/C22H28N2O3/c1-26-18-13-11-17(12-14-18)20-9-4-3-7-15-24(20)16-22(25)23-19-8-5-6-10-21(19)27-2/h5-6,8,10-14,20H,3-4,7,9,15-16H2,1-2H3,(H,23,25). The number of benzene rings is 2. The molecule has 0 spiro atoms. The van der Waals surface area contributed by atoms with Gasteiger partial charge in [0, 0.05) is 6.04 Å². The normalized spacial score (nSPS) is 17.8. The number of rotatable bonds is 6. The maximum absolute atomic E-state index is 12.7. The molecule has 5 nitrogen and oxygen atoms in total. The monoisotopic (exact) mass is 368 g/mol. The second-order valence-electron chi connectivity index (χ2n) is 6.86. The molecule has 1 fully saturated rings. The average Bonchev–Trinajstić information content (AvgIpc) is 2.94. The van der Waals surface area contributed by atoms with Crippen LogP contribution in [0.15, 0.2) is 48.5 Å². The minimum absolute atomic E-state index is 0.0140. The number of nitrogens with one attached hydrogen (secondary N) is 1. The van der Waals surface area contributed by atoms with Crippen LogP contribution in [-0.2, 0) is 4.79 Å². The molecule has 0 radical (unpaired) electrons. The molecule has 1 unspecified atom stereocenters. The topological polar surface area (TPSA) is 50.8 Å². The van der Waals surface area contributed by atoms with Crippen LogP contribution in [0.2, 0.25) is 0 Å². The second-order valence-corrected chi connectivity index (χ2v) is 6.86. The summed E-state index contributed by atoms with van der Waals surface area (Å²) in [7, 11) is 3.29. The van der Waals surface area contributed by atoms with E-state index >= 15 is 0 Å². The number of hydrogen-bond donors (Lipinski definition) is 1. The molecule has 0 aromatic heterocycles. The first kappa shape index (κ1) is 19.2. The van der Waals surface area contributed by atoms with Gasteiger partial charge in [0.15, 0.2) is 0 Å². The van der Waals surface area contributed by atoms with Crippen molar-refractivity contribution in [2.45, 2.75) is 31.7 Å². The maximum Gasteiger partial charge on any atom is 0.238 e. The molecule has 1 N–H and O–H groups in total. The van der Waals surface area contributed by atoms with Gasteiger partial charge >= 0.3 is 0 Å². The molecule has 5 heteroatoms. The quantitative estimate of drug-likeness (QED) is 0.828. The summed E-state index contributed by atoms with van der Waals surface area (Å²) in [6, 6.07) is 16.0. The summed E-state index contributed by atoms with van der Waals surface area (Å²) < 4.78 is 10.6. The number of carbonyl (C=O) groups is 1. The van der Waals surface area contributed by atoms with Gasteiger partial charge in [0.25, 0.3) is 0 Å². The summed E-state index contributed by atoms with van der Waals surface area (Å²) in [6.45, 7) is 1.30. The van der Waals surface area contributed by atoms with Crippen molar-refractivity contribution in [3.8, 4) is 11.5 Å². The minimum Gasteiger partial charge on any atom is -0.497 e. The molecular formula is C22H28N2O3. The van der Waals surface area contributed by atoms with Gasteiger partial charge in [0.2, 0.25) is 5.91 Å². The van der Waals surface area contributed by atoms with Crippen LogP contribution in [0.4, 0.5) is 5.69 Å². The Labute approximate surface area is 161 Å². The van der Waals surface area contributed by atoms with Crippen LogP contribution in [0.25, 0.3) is 0 Å². The summed E-state index contributed by atoms with van der Waals surface area (Å²) in [4.78, 5) is 15.0. The van der Waals surface area contributed by atoms with Crippen LogP contribution >= 0.6 is 0 Å². The van der Waals surface area contributed by atoms with Crippen molar-refractivity contribution >= 4 is 11.6 Å². The first-order valence-corrected chi connectivity index (χ1v) is 9.52. The van der Waals surface area contributed by atoms with Gasteiger partial charge in [-0.3, -0.25) is 9.69 Å². The van der Waals surface area contributed by atoms with Crippen LogP contribution in [-0.4, -0.2) is 38.1 Å². The molecule has 0 saturated carbocycles. The molecule has 1 aliphatic heterocycles. The molecule has 0 bridgehead atoms. The van der Waals surface area contributed by atoms with E-state index in [0.29, 0.717) is 18.0 Å². The van der Waals surface area contributed by atoms with Gasteiger partial charge in [-0.2, -0.15) is 0 Å². The highest BCUT2D eigenvalue weighted by Crippen LogP contribution is 2.31. The van der Waals surface area contributed by atoms with E-state index in [1.807, 2.05) is 36.4 Å². The first-order chi connectivity index (χ1) is 13.2. The molecule has 27 heavy (non-hydrogen) atoms. The summed E-state index contributed by atoms with van der Waals surface area (Å²) in [5.74, 6) is 1.51. The zero-order valence-electron chi connectivity index (χ0n) is 16.1. The third-order valence-electron chi connectivity index (χ3n) is 5.09. The second kappa shape index (κ2) is 9.42. The fourth-order valence-electron chi connectivity index (χ4n) is 3.68. The number of carbonyl (C=O) groups excluding carboxylic acids is 1. The van der Waals surface area contributed by atoms with Gasteiger partial charge < -0.3 is 14.8 Å². The molecule has 2 aromatic rings. The molecule has 2 aromatic carbocycles. The van der Waals surface area contributed by atoms with Gasteiger partial charge in [-0.25, -0.2) is 0 Å². The Hall–Kier alpha value is -2.53. The highest BCUT2D eigenvalue weighted by Gasteiger charge is 2.24. The zero-order valence-corrected chi connectivity index (χ0v) is 16.1. The average molecular weight is 368 g/mol. The van der Waals surface area contributed by atoms with Gasteiger partial charge in [-0.15, -0.1) is 0 Å². The number of para-hydroxylation sites is 2. The number of anilines is 1. The Balaban J connectivity index is 1.72. The smallest absolute Gasteiger partial charge is 0.238 e. The first-order valence-electron chi connectivity index (χ1n) is 9.52. The number of hydrogen-bond acceptors (Lipinski definition) is 4. The van der Waals surface area contributed by atoms with Crippen LogP contribution < -0.4 is 14.8 Å². The zero-order chi connectivity index (χ0) is 19.1. The Morgan fingerprint density at radius 3 is 2.56 bits per heavy atom. The van der Waals surface area contributed by atoms with Crippen molar-refractivity contribution in [3.63, 3.8) is 0 Å². The van der Waals surface area contributed by atoms with Gasteiger partial charge in [0.05, 0.1) is 26.5 Å². The van der Waals surface area contributed by atoms with Gasteiger partial charge in [0.1, 0.15) is 11.5 Å². The van der Waals surface area contributed by atoms with E-state index in [9.17, 15) is 4.79 Å². The summed E-state index contributed by atoms with van der Waals surface area (Å²) >= 11 is 0. The highest BCUT2D eigenvalue weighted by molar-refractivity contribution is 5.93. The van der Waals surface area contributed by atoms with E-state index in [-0.39, 0.29) is 11.9 Å². The van der Waals surface area contributed by atoms with Crippen molar-refractivity contribution in [1.29, 1.82) is 0 Å². The molecular weight excluding hydrogens is 340 g/mol. The molecule has 1 amide bonds. The van der Waals surface area contributed by atoms with Gasteiger partial charge in [-0.1, -0.05) is 37.1 Å². The lowest BCUT2D eigenvalue weighted by Gasteiger charge is -2.30. The van der Waals surface area contributed by atoms with E-state index in [0.717, 1.165) is 25.1 Å². The molecule has 0 aliphatic carbocycles. The van der Waals surface area contributed by atoms with Crippen molar-refractivity contribution in [2.75, 3.05) is 32.6 Å². The van der Waals surface area contributed by atoms with E-state index in [4.69, 9.17) is 9.47 Å². The largest absolute Gasteiger partial charge is 0.497 e. The van der Waals surface area contributed by atoms with Crippen molar-refractivity contribution < 1.29 is 14.3 Å². The number of likely N-dealkylation sites (tertiary alicyclic amines) is 1. The van der Waals surface area contributed by atoms with Crippen LogP contribution in [0.1, 0.15) is 37.3 Å². The third kappa shape index (κ3) is 5.01. The SMILES string of the molecule is COc1ccc(C2CCCCCN2CC(=O)Nc2ccccc2OC)cc1. The number of nitrogens with zero attached hydrogens (tertiary/aromatic N) is 1. The lowest BCUT2D eigenvalue weighted by Crippen LogP contribution is -2.36. The van der Waals surface area contributed by atoms with Crippen LogP contribution in [0.3, 0.4) is 0 Å². The van der Waals surface area contributed by atoms with Crippen molar-refractivity contribution in [3.05, 3.63) is 54.1 Å². The summed E-state index contributed by atoms with van der Waals surface area (Å²) in [5.41, 5.74) is 1.95. The summed E-state index contributed by atoms with van der Waals surface area (Å²) in [6.07, 6.45) is 4.57. The molecule has 144 valence electrons. The minimum atomic E-state index is -0.0140. The van der Waals surface area contributed by atoms with Crippen molar-refractivity contribution in [1.82, 2.24) is 4.90 Å². The molecule has 1 aliphatic rings. The van der Waals surface area contributed by atoms with Crippen LogP contribution in [0.5, 0.6) is 11.5 Å². The fourth-order valence-corrected chi connectivity index (χ4v) is 3.68. The fraction of sp³-hybridized carbons (Fsp3) is 0.409.